The van der Waals surface area contributed by atoms with Gasteiger partial charge in [0.1, 0.15) is 18.2 Å². The van der Waals surface area contributed by atoms with E-state index in [9.17, 15) is 4.79 Å². The molecular weight excluding hydrogens is 278 g/mol. The minimum absolute atomic E-state index is 0.0984. The number of pyridine rings is 1. The van der Waals surface area contributed by atoms with E-state index in [1.807, 2.05) is 36.4 Å². The van der Waals surface area contributed by atoms with Gasteiger partial charge in [-0.1, -0.05) is 18.2 Å². The van der Waals surface area contributed by atoms with Crippen molar-refractivity contribution in [2.45, 2.75) is 12.5 Å². The lowest BCUT2D eigenvalue weighted by Crippen LogP contribution is -2.37. The maximum atomic E-state index is 12.4. The van der Waals surface area contributed by atoms with Gasteiger partial charge < -0.3 is 15.0 Å². The summed E-state index contributed by atoms with van der Waals surface area (Å²) in [6.45, 7) is 2.58. The molecule has 0 spiro atoms. The molecule has 0 saturated carbocycles. The Morgan fingerprint density at radius 3 is 2.82 bits per heavy atom. The highest BCUT2D eigenvalue weighted by atomic mass is 16.5. The van der Waals surface area contributed by atoms with Gasteiger partial charge in [0.2, 0.25) is 0 Å². The number of rotatable bonds is 3. The van der Waals surface area contributed by atoms with Crippen molar-refractivity contribution >= 4 is 11.7 Å². The van der Waals surface area contributed by atoms with Gasteiger partial charge >= 0.3 is 0 Å². The van der Waals surface area contributed by atoms with Crippen LogP contribution in [0.15, 0.2) is 42.6 Å². The van der Waals surface area contributed by atoms with Gasteiger partial charge in [-0.2, -0.15) is 0 Å². The molecule has 1 fully saturated rings. The van der Waals surface area contributed by atoms with Crippen molar-refractivity contribution in [2.24, 2.45) is 0 Å². The van der Waals surface area contributed by atoms with Gasteiger partial charge in [0.25, 0.3) is 5.91 Å². The standard InChI is InChI=1S/C17H17N3O2/c21-17(12-6-7-16(18-10-12)20-8-3-9-20)19-14-11-22-15-5-2-1-4-13(14)15/h1-2,4-7,10,14H,3,8-9,11H2,(H,19,21). The van der Waals surface area contributed by atoms with Crippen molar-refractivity contribution in [1.82, 2.24) is 10.3 Å². The Bertz CT molecular complexity index is 695. The molecule has 2 aliphatic heterocycles. The minimum atomic E-state index is -0.118. The first kappa shape index (κ1) is 13.1. The molecule has 1 aromatic carbocycles. The Hall–Kier alpha value is -2.56. The average Bonchev–Trinajstić information content (AvgIpc) is 2.90. The Morgan fingerprint density at radius 2 is 2.09 bits per heavy atom. The predicted octanol–water partition coefficient (Wildman–Crippen LogP) is 2.16. The lowest BCUT2D eigenvalue weighted by atomic mass is 10.1. The highest BCUT2D eigenvalue weighted by Gasteiger charge is 2.25. The van der Waals surface area contributed by atoms with Crippen LogP contribution in [-0.2, 0) is 0 Å². The Kier molecular flexibility index (Phi) is 3.18. The highest BCUT2D eigenvalue weighted by molar-refractivity contribution is 5.94. The molecule has 4 rings (SSSR count). The van der Waals surface area contributed by atoms with E-state index >= 15 is 0 Å². The summed E-state index contributed by atoms with van der Waals surface area (Å²) >= 11 is 0. The third kappa shape index (κ3) is 2.28. The number of ether oxygens (including phenoxy) is 1. The number of para-hydroxylation sites is 1. The second kappa shape index (κ2) is 5.33. The van der Waals surface area contributed by atoms with Gasteiger partial charge in [-0.3, -0.25) is 4.79 Å². The van der Waals surface area contributed by atoms with E-state index in [-0.39, 0.29) is 11.9 Å². The van der Waals surface area contributed by atoms with E-state index in [1.165, 1.54) is 6.42 Å². The highest BCUT2D eigenvalue weighted by Crippen LogP contribution is 2.31. The Labute approximate surface area is 128 Å². The molecule has 0 radical (unpaired) electrons. The lowest BCUT2D eigenvalue weighted by molar-refractivity contribution is 0.0930. The van der Waals surface area contributed by atoms with Crippen molar-refractivity contribution in [1.29, 1.82) is 0 Å². The molecule has 1 aromatic heterocycles. The zero-order valence-electron chi connectivity index (χ0n) is 12.2. The fourth-order valence-electron chi connectivity index (χ4n) is 2.78. The van der Waals surface area contributed by atoms with Crippen molar-refractivity contribution in [3.8, 4) is 5.75 Å². The van der Waals surface area contributed by atoms with Crippen LogP contribution in [0.3, 0.4) is 0 Å². The number of hydrogen-bond acceptors (Lipinski definition) is 4. The van der Waals surface area contributed by atoms with Gasteiger partial charge in [0, 0.05) is 24.8 Å². The topological polar surface area (TPSA) is 54.5 Å². The fourth-order valence-corrected chi connectivity index (χ4v) is 2.78. The van der Waals surface area contributed by atoms with Crippen LogP contribution in [0.5, 0.6) is 5.75 Å². The summed E-state index contributed by atoms with van der Waals surface area (Å²) in [7, 11) is 0. The molecule has 22 heavy (non-hydrogen) atoms. The molecule has 5 nitrogen and oxygen atoms in total. The molecule has 1 saturated heterocycles. The Balaban J connectivity index is 1.46. The monoisotopic (exact) mass is 295 g/mol. The van der Waals surface area contributed by atoms with Gasteiger partial charge in [-0.05, 0) is 24.6 Å². The summed E-state index contributed by atoms with van der Waals surface area (Å²) in [6, 6.07) is 11.4. The Morgan fingerprint density at radius 1 is 1.23 bits per heavy atom. The first-order chi connectivity index (χ1) is 10.8. The number of amides is 1. The first-order valence-corrected chi connectivity index (χ1v) is 7.55. The summed E-state index contributed by atoms with van der Waals surface area (Å²) in [5.41, 5.74) is 1.61. The van der Waals surface area contributed by atoms with Crippen molar-refractivity contribution in [3.63, 3.8) is 0 Å². The number of benzene rings is 1. The summed E-state index contributed by atoms with van der Waals surface area (Å²) in [6.07, 6.45) is 2.86. The number of fused-ring (bicyclic) bond motifs is 1. The molecule has 0 bridgehead atoms. The fraction of sp³-hybridized carbons (Fsp3) is 0.294. The number of nitrogens with zero attached hydrogens (tertiary/aromatic N) is 2. The van der Waals surface area contributed by atoms with Gasteiger partial charge in [0.05, 0.1) is 11.6 Å². The predicted molar refractivity (Wildman–Crippen MR) is 83.2 cm³/mol. The van der Waals surface area contributed by atoms with E-state index < -0.39 is 0 Å². The maximum Gasteiger partial charge on any atom is 0.253 e. The van der Waals surface area contributed by atoms with E-state index in [0.29, 0.717) is 12.2 Å². The number of anilines is 1. The second-order valence-electron chi connectivity index (χ2n) is 5.62. The molecular formula is C17H17N3O2. The average molecular weight is 295 g/mol. The summed E-state index contributed by atoms with van der Waals surface area (Å²) < 4.78 is 5.58. The minimum Gasteiger partial charge on any atom is -0.491 e. The quantitative estimate of drug-likeness (QED) is 0.943. The van der Waals surface area contributed by atoms with Crippen LogP contribution in [0.25, 0.3) is 0 Å². The lowest BCUT2D eigenvalue weighted by Gasteiger charge is -2.31. The SMILES string of the molecule is O=C(NC1COc2ccccc21)c1ccc(N2CCC2)nc1. The molecule has 2 aromatic rings. The van der Waals surface area contributed by atoms with E-state index in [2.05, 4.69) is 15.2 Å². The number of nitrogens with one attached hydrogen (secondary N) is 1. The second-order valence-corrected chi connectivity index (χ2v) is 5.62. The molecule has 0 aliphatic carbocycles. The summed E-state index contributed by atoms with van der Waals surface area (Å²) in [4.78, 5) is 18.9. The van der Waals surface area contributed by atoms with E-state index in [1.54, 1.807) is 6.20 Å². The third-order valence-corrected chi connectivity index (χ3v) is 4.20. The maximum absolute atomic E-state index is 12.4. The number of aromatic nitrogens is 1. The van der Waals surface area contributed by atoms with Crippen molar-refractivity contribution < 1.29 is 9.53 Å². The van der Waals surface area contributed by atoms with Crippen molar-refractivity contribution in [2.75, 3.05) is 24.6 Å². The van der Waals surface area contributed by atoms with Crippen LogP contribution < -0.4 is 15.0 Å². The van der Waals surface area contributed by atoms with Crippen LogP contribution in [0.2, 0.25) is 0 Å². The number of carbonyl (C=O) groups is 1. The molecule has 1 atom stereocenters. The normalized spacial score (nSPS) is 19.1. The molecule has 1 amide bonds. The van der Waals surface area contributed by atoms with Crippen LogP contribution in [0, 0.1) is 0 Å². The van der Waals surface area contributed by atoms with Gasteiger partial charge in [-0.25, -0.2) is 4.98 Å². The smallest absolute Gasteiger partial charge is 0.253 e. The molecule has 1 unspecified atom stereocenters. The van der Waals surface area contributed by atoms with E-state index in [0.717, 1.165) is 30.2 Å². The largest absolute Gasteiger partial charge is 0.491 e. The van der Waals surface area contributed by atoms with Crippen LogP contribution in [-0.4, -0.2) is 30.6 Å². The zero-order chi connectivity index (χ0) is 14.9. The summed E-state index contributed by atoms with van der Waals surface area (Å²) in [5.74, 6) is 1.67. The molecule has 112 valence electrons. The third-order valence-electron chi connectivity index (χ3n) is 4.20. The first-order valence-electron chi connectivity index (χ1n) is 7.55. The molecule has 1 N–H and O–H groups in total. The zero-order valence-corrected chi connectivity index (χ0v) is 12.2. The van der Waals surface area contributed by atoms with Crippen LogP contribution in [0.1, 0.15) is 28.4 Å². The van der Waals surface area contributed by atoms with Gasteiger partial charge in [0.15, 0.2) is 0 Å². The van der Waals surface area contributed by atoms with Crippen molar-refractivity contribution in [3.05, 3.63) is 53.7 Å². The van der Waals surface area contributed by atoms with Gasteiger partial charge in [-0.15, -0.1) is 0 Å². The molecule has 3 heterocycles. The number of carbonyl (C=O) groups excluding carboxylic acids is 1. The molecule has 2 aliphatic rings. The van der Waals surface area contributed by atoms with E-state index in [4.69, 9.17) is 4.74 Å². The summed E-state index contributed by atoms with van der Waals surface area (Å²) in [5, 5.41) is 3.01. The molecule has 5 heteroatoms. The van der Waals surface area contributed by atoms with Crippen LogP contribution in [0.4, 0.5) is 5.82 Å². The number of hydrogen-bond donors (Lipinski definition) is 1. The van der Waals surface area contributed by atoms with Crippen LogP contribution >= 0.6 is 0 Å².